The fraction of sp³-hybridized carbons (Fsp3) is 0.231. The fourth-order valence-electron chi connectivity index (χ4n) is 1.32. The Labute approximate surface area is 98.2 Å². The molecule has 0 aliphatic heterocycles. The highest BCUT2D eigenvalue weighted by Crippen LogP contribution is 2.31. The van der Waals surface area contributed by atoms with Crippen LogP contribution in [0, 0.1) is 0 Å². The molecule has 17 heavy (non-hydrogen) atoms. The number of halogens is 3. The smallest absolute Gasteiger partial charge is 0.416 e. The lowest BCUT2D eigenvalue weighted by Crippen LogP contribution is -2.05. The van der Waals surface area contributed by atoms with E-state index in [-0.39, 0.29) is 0 Å². The molecule has 1 aromatic rings. The van der Waals surface area contributed by atoms with Gasteiger partial charge in [0.05, 0.1) is 11.3 Å². The number of benzene rings is 1. The summed E-state index contributed by atoms with van der Waals surface area (Å²) in [5, 5.41) is 0. The van der Waals surface area contributed by atoms with E-state index in [1.54, 1.807) is 26.0 Å². The van der Waals surface area contributed by atoms with Gasteiger partial charge < -0.3 is 4.74 Å². The molecule has 1 rings (SSSR count). The summed E-state index contributed by atoms with van der Waals surface area (Å²) in [5.41, 5.74) is -0.315. The maximum atomic E-state index is 12.5. The van der Waals surface area contributed by atoms with Crippen molar-refractivity contribution in [2.24, 2.45) is 0 Å². The van der Waals surface area contributed by atoms with E-state index in [9.17, 15) is 13.2 Å². The maximum absolute atomic E-state index is 12.5. The number of ether oxygens (including phenoxy) is 1. The second-order valence-electron chi connectivity index (χ2n) is 3.54. The molecule has 0 aliphatic carbocycles. The predicted octanol–water partition coefficient (Wildman–Crippen LogP) is 4.62. The van der Waals surface area contributed by atoms with Gasteiger partial charge in [-0.25, -0.2) is 0 Å². The minimum Gasteiger partial charge on any atom is -0.462 e. The van der Waals surface area contributed by atoms with Gasteiger partial charge >= 0.3 is 6.18 Å². The summed E-state index contributed by atoms with van der Waals surface area (Å²) in [4.78, 5) is 0. The van der Waals surface area contributed by atoms with E-state index in [4.69, 9.17) is 4.74 Å². The molecule has 0 atom stereocenters. The van der Waals surface area contributed by atoms with Crippen molar-refractivity contribution >= 4 is 5.76 Å². The minimum absolute atomic E-state index is 0.364. The molecule has 1 aromatic carbocycles. The highest BCUT2D eigenvalue weighted by Gasteiger charge is 2.30. The first-order valence-electron chi connectivity index (χ1n) is 5.02. The molecular formula is C13H13F3O. The lowest BCUT2D eigenvalue weighted by molar-refractivity contribution is -0.137. The first-order chi connectivity index (χ1) is 7.84. The van der Waals surface area contributed by atoms with Gasteiger partial charge in [-0.2, -0.15) is 13.2 Å². The zero-order chi connectivity index (χ0) is 13.1. The van der Waals surface area contributed by atoms with Gasteiger partial charge in [-0.05, 0) is 32.1 Å². The molecule has 0 saturated heterocycles. The Morgan fingerprint density at radius 3 is 2.47 bits per heavy atom. The molecule has 0 spiro atoms. The maximum Gasteiger partial charge on any atom is 0.416 e. The number of allylic oxidation sites excluding steroid dienone is 2. The predicted molar refractivity (Wildman–Crippen MR) is 61.0 cm³/mol. The van der Waals surface area contributed by atoms with E-state index >= 15 is 0 Å². The number of hydrogen-bond donors (Lipinski definition) is 0. The van der Waals surface area contributed by atoms with Gasteiger partial charge in [0.2, 0.25) is 0 Å². The molecule has 4 heteroatoms. The van der Waals surface area contributed by atoms with Crippen molar-refractivity contribution in [1.82, 2.24) is 0 Å². The molecule has 0 aliphatic rings. The normalized spacial score (nSPS) is 12.4. The number of hydrogen-bond acceptors (Lipinski definition) is 1. The Bertz CT molecular complexity index is 444. The van der Waals surface area contributed by atoms with Crippen molar-refractivity contribution in [3.05, 3.63) is 53.8 Å². The highest BCUT2D eigenvalue weighted by atomic mass is 19.4. The van der Waals surface area contributed by atoms with Crippen molar-refractivity contribution in [3.8, 4) is 0 Å². The van der Waals surface area contributed by atoms with Gasteiger partial charge in [-0.15, -0.1) is 0 Å². The monoisotopic (exact) mass is 242 g/mol. The van der Waals surface area contributed by atoms with Gasteiger partial charge in [0.15, 0.2) is 0 Å². The molecule has 0 radical (unpaired) electrons. The molecule has 1 nitrogen and oxygen atoms in total. The molecule has 92 valence electrons. The second-order valence-corrected chi connectivity index (χ2v) is 3.54. The average molecular weight is 242 g/mol. The van der Waals surface area contributed by atoms with E-state index in [0.717, 1.165) is 12.1 Å². The molecule has 0 N–H and O–H groups in total. The van der Waals surface area contributed by atoms with Crippen LogP contribution in [0.1, 0.15) is 25.0 Å². The number of alkyl halides is 3. The molecular weight excluding hydrogens is 229 g/mol. The van der Waals surface area contributed by atoms with Crippen LogP contribution in [0.25, 0.3) is 5.76 Å². The molecule has 0 aromatic heterocycles. The van der Waals surface area contributed by atoms with E-state index in [1.807, 2.05) is 0 Å². The summed E-state index contributed by atoms with van der Waals surface area (Å²) >= 11 is 0. The Morgan fingerprint density at radius 1 is 1.35 bits per heavy atom. The third-order valence-electron chi connectivity index (χ3n) is 2.02. The Hall–Kier alpha value is -1.71. The SMILES string of the molecule is C=C(C)O/C(=C\C)c1cccc(C(F)(F)F)c1. The van der Waals surface area contributed by atoms with Crippen molar-refractivity contribution in [1.29, 1.82) is 0 Å². The standard InChI is InChI=1S/C13H13F3O/c1-4-12(17-9(2)3)10-6-5-7-11(8-10)13(14,15)16/h4-8H,2H2,1,3H3/b12-4-. The van der Waals surface area contributed by atoms with Crippen LogP contribution in [0.5, 0.6) is 0 Å². The zero-order valence-corrected chi connectivity index (χ0v) is 9.64. The minimum atomic E-state index is -4.35. The van der Waals surface area contributed by atoms with Crippen molar-refractivity contribution < 1.29 is 17.9 Å². The van der Waals surface area contributed by atoms with Crippen molar-refractivity contribution in [3.63, 3.8) is 0 Å². The molecule has 0 bridgehead atoms. The van der Waals surface area contributed by atoms with E-state index in [1.165, 1.54) is 6.07 Å². The fourth-order valence-corrected chi connectivity index (χ4v) is 1.32. The highest BCUT2D eigenvalue weighted by molar-refractivity contribution is 5.61. The molecule has 0 heterocycles. The van der Waals surface area contributed by atoms with Crippen molar-refractivity contribution in [2.45, 2.75) is 20.0 Å². The van der Waals surface area contributed by atoms with Gasteiger partial charge in [0.1, 0.15) is 5.76 Å². The van der Waals surface area contributed by atoms with Gasteiger partial charge in [0.25, 0.3) is 0 Å². The third-order valence-corrected chi connectivity index (χ3v) is 2.02. The lowest BCUT2D eigenvalue weighted by Gasteiger charge is -2.12. The van der Waals surface area contributed by atoms with Crippen LogP contribution < -0.4 is 0 Å². The second kappa shape index (κ2) is 5.08. The third kappa shape index (κ3) is 3.66. The average Bonchev–Trinajstić information content (AvgIpc) is 2.24. The van der Waals surface area contributed by atoms with Gasteiger partial charge in [0, 0.05) is 5.56 Å². The van der Waals surface area contributed by atoms with Crippen molar-refractivity contribution in [2.75, 3.05) is 0 Å². The Kier molecular flexibility index (Phi) is 3.99. The van der Waals surface area contributed by atoms with Crippen LogP contribution in [0.15, 0.2) is 42.7 Å². The first kappa shape index (κ1) is 13.4. The largest absolute Gasteiger partial charge is 0.462 e. The zero-order valence-electron chi connectivity index (χ0n) is 9.64. The van der Waals surface area contributed by atoms with Crippen LogP contribution in [0.2, 0.25) is 0 Å². The molecule has 0 saturated carbocycles. The molecule has 0 amide bonds. The summed E-state index contributed by atoms with van der Waals surface area (Å²) in [7, 11) is 0. The summed E-state index contributed by atoms with van der Waals surface area (Å²) in [5.74, 6) is 0.791. The lowest BCUT2D eigenvalue weighted by atomic mass is 10.1. The molecule has 0 unspecified atom stereocenters. The summed E-state index contributed by atoms with van der Waals surface area (Å²) in [6.45, 7) is 6.88. The van der Waals surface area contributed by atoms with E-state index < -0.39 is 11.7 Å². The van der Waals surface area contributed by atoms with Crippen LogP contribution in [-0.4, -0.2) is 0 Å². The first-order valence-corrected chi connectivity index (χ1v) is 5.02. The topological polar surface area (TPSA) is 9.23 Å². The summed E-state index contributed by atoms with van der Waals surface area (Å²) in [6.07, 6.45) is -2.75. The quantitative estimate of drug-likeness (QED) is 0.703. The van der Waals surface area contributed by atoms with Crippen LogP contribution >= 0.6 is 0 Å². The molecule has 0 fully saturated rings. The van der Waals surface area contributed by atoms with E-state index in [0.29, 0.717) is 17.1 Å². The number of rotatable bonds is 3. The van der Waals surface area contributed by atoms with E-state index in [2.05, 4.69) is 6.58 Å². The van der Waals surface area contributed by atoms with Gasteiger partial charge in [-0.1, -0.05) is 18.7 Å². The summed E-state index contributed by atoms with van der Waals surface area (Å²) < 4.78 is 42.8. The van der Waals surface area contributed by atoms with Crippen LogP contribution in [0.3, 0.4) is 0 Å². The Balaban J connectivity index is 3.10. The van der Waals surface area contributed by atoms with Crippen LogP contribution in [0.4, 0.5) is 13.2 Å². The van der Waals surface area contributed by atoms with Gasteiger partial charge in [-0.3, -0.25) is 0 Å². The van der Waals surface area contributed by atoms with Crippen LogP contribution in [-0.2, 0) is 10.9 Å². The summed E-state index contributed by atoms with van der Waals surface area (Å²) in [6, 6.07) is 4.99. The Morgan fingerprint density at radius 2 is 2.00 bits per heavy atom.